The Morgan fingerprint density at radius 3 is 2.84 bits per heavy atom. The number of hydrogen-bond acceptors (Lipinski definition) is 6. The third-order valence-electron chi connectivity index (χ3n) is 2.61. The summed E-state index contributed by atoms with van der Waals surface area (Å²) in [7, 11) is 0.390. The lowest BCUT2D eigenvalue weighted by atomic mass is 10.3. The Hall–Kier alpha value is -1.09. The van der Waals surface area contributed by atoms with E-state index in [1.807, 2.05) is 19.0 Å². The first-order valence-corrected chi connectivity index (χ1v) is 8.08. The number of fused-ring (bicyclic) bond motifs is 1. The maximum atomic E-state index is 12.2. The third-order valence-corrected chi connectivity index (χ3v) is 4.65. The van der Waals surface area contributed by atoms with Gasteiger partial charge in [0.1, 0.15) is 15.9 Å². The molecular formula is C11H16N4O2S2. The molecule has 0 fully saturated rings. The fraction of sp³-hybridized carbons (Fsp3) is 0.455. The molecule has 8 heteroatoms. The smallest absolute Gasteiger partial charge is 0.242 e. The summed E-state index contributed by atoms with van der Waals surface area (Å²) in [6.45, 7) is 1.25. The van der Waals surface area contributed by atoms with Crippen LogP contribution in [0, 0.1) is 0 Å². The lowest BCUT2D eigenvalue weighted by molar-refractivity contribution is 0.400. The second-order valence-electron chi connectivity index (χ2n) is 4.44. The molecule has 0 saturated carbocycles. The Morgan fingerprint density at radius 2 is 2.11 bits per heavy atom. The largest absolute Gasteiger partial charge is 0.309 e. The van der Waals surface area contributed by atoms with E-state index in [9.17, 15) is 8.42 Å². The summed E-state index contributed by atoms with van der Waals surface area (Å²) in [4.78, 5) is 2.21. The number of benzene rings is 1. The molecule has 0 bridgehead atoms. The molecule has 1 N–H and O–H groups in total. The van der Waals surface area contributed by atoms with Crippen LogP contribution in [0.4, 0.5) is 0 Å². The fourth-order valence-electron chi connectivity index (χ4n) is 1.68. The van der Waals surface area contributed by atoms with Crippen LogP contribution in [0.2, 0.25) is 0 Å². The molecule has 0 aliphatic heterocycles. The van der Waals surface area contributed by atoms with Crippen LogP contribution in [-0.2, 0) is 10.0 Å². The molecular weight excluding hydrogens is 284 g/mol. The van der Waals surface area contributed by atoms with Crippen molar-refractivity contribution in [2.45, 2.75) is 11.3 Å². The van der Waals surface area contributed by atoms with Gasteiger partial charge in [-0.2, -0.15) is 8.75 Å². The third kappa shape index (κ3) is 3.47. The summed E-state index contributed by atoms with van der Waals surface area (Å²) in [5.74, 6) is 0. The van der Waals surface area contributed by atoms with Gasteiger partial charge < -0.3 is 4.90 Å². The van der Waals surface area contributed by atoms with Crippen LogP contribution in [0.15, 0.2) is 23.1 Å². The van der Waals surface area contributed by atoms with Gasteiger partial charge in [-0.25, -0.2) is 13.1 Å². The van der Waals surface area contributed by atoms with E-state index in [-0.39, 0.29) is 4.90 Å². The summed E-state index contributed by atoms with van der Waals surface area (Å²) in [5.41, 5.74) is 1.05. The minimum atomic E-state index is -3.52. The molecule has 19 heavy (non-hydrogen) atoms. The monoisotopic (exact) mass is 300 g/mol. The molecule has 0 aliphatic rings. The number of aromatic nitrogens is 2. The van der Waals surface area contributed by atoms with Crippen LogP contribution in [0.3, 0.4) is 0 Å². The van der Waals surface area contributed by atoms with Crippen molar-refractivity contribution in [3.8, 4) is 0 Å². The summed E-state index contributed by atoms with van der Waals surface area (Å²) in [6, 6.07) is 4.99. The summed E-state index contributed by atoms with van der Waals surface area (Å²) in [5, 5.41) is 0. The van der Waals surface area contributed by atoms with Crippen LogP contribution in [-0.4, -0.2) is 49.2 Å². The van der Waals surface area contributed by atoms with Gasteiger partial charge >= 0.3 is 0 Å². The van der Waals surface area contributed by atoms with Gasteiger partial charge in [0.2, 0.25) is 10.0 Å². The van der Waals surface area contributed by atoms with E-state index in [2.05, 4.69) is 13.5 Å². The number of hydrogen-bond donors (Lipinski definition) is 1. The first-order valence-electron chi connectivity index (χ1n) is 5.86. The van der Waals surface area contributed by atoms with Crippen molar-refractivity contribution in [2.24, 2.45) is 0 Å². The SMILES string of the molecule is CN(C)CCCNS(=O)(=O)c1cccc2nsnc12. The van der Waals surface area contributed by atoms with Crippen molar-refractivity contribution < 1.29 is 8.42 Å². The van der Waals surface area contributed by atoms with E-state index in [0.29, 0.717) is 17.6 Å². The number of nitrogens with zero attached hydrogens (tertiary/aromatic N) is 3. The van der Waals surface area contributed by atoms with E-state index in [0.717, 1.165) is 24.7 Å². The molecule has 0 atom stereocenters. The lowest BCUT2D eigenvalue weighted by Gasteiger charge is -2.10. The zero-order valence-electron chi connectivity index (χ0n) is 10.8. The molecule has 0 saturated heterocycles. The average Bonchev–Trinajstić information content (AvgIpc) is 2.82. The van der Waals surface area contributed by atoms with Crippen molar-refractivity contribution in [3.05, 3.63) is 18.2 Å². The molecule has 1 aromatic heterocycles. The molecule has 0 radical (unpaired) electrons. The minimum absolute atomic E-state index is 0.198. The lowest BCUT2D eigenvalue weighted by Crippen LogP contribution is -2.27. The van der Waals surface area contributed by atoms with Gasteiger partial charge in [-0.1, -0.05) is 6.07 Å². The number of nitrogens with one attached hydrogen (secondary N) is 1. The molecule has 0 unspecified atom stereocenters. The molecule has 2 aromatic rings. The maximum Gasteiger partial charge on any atom is 0.242 e. The van der Waals surface area contributed by atoms with Crippen LogP contribution < -0.4 is 4.72 Å². The van der Waals surface area contributed by atoms with Gasteiger partial charge in [0.25, 0.3) is 0 Å². The summed E-state index contributed by atoms with van der Waals surface area (Å²) < 4.78 is 35.1. The predicted octanol–water partition coefficient (Wildman–Crippen LogP) is 0.921. The minimum Gasteiger partial charge on any atom is -0.309 e. The van der Waals surface area contributed by atoms with Gasteiger partial charge in [0, 0.05) is 6.54 Å². The van der Waals surface area contributed by atoms with Gasteiger partial charge in [0.05, 0.1) is 11.7 Å². The van der Waals surface area contributed by atoms with Crippen molar-refractivity contribution in [1.29, 1.82) is 0 Å². The predicted molar refractivity (Wildman–Crippen MR) is 75.8 cm³/mol. The zero-order chi connectivity index (χ0) is 13.9. The standard InChI is InChI=1S/C11H16N4O2S2/c1-15(2)8-4-7-12-19(16,17)10-6-3-5-9-11(10)14-18-13-9/h3,5-6,12H,4,7-8H2,1-2H3. The highest BCUT2D eigenvalue weighted by molar-refractivity contribution is 7.89. The molecule has 6 nitrogen and oxygen atoms in total. The number of sulfonamides is 1. The molecule has 1 heterocycles. The Labute approximate surface area is 116 Å². The average molecular weight is 300 g/mol. The molecule has 0 aliphatic carbocycles. The van der Waals surface area contributed by atoms with Gasteiger partial charge in [-0.15, -0.1) is 0 Å². The summed E-state index contributed by atoms with van der Waals surface area (Å²) in [6.07, 6.45) is 0.761. The fourth-order valence-corrected chi connectivity index (χ4v) is 3.52. The molecule has 2 rings (SSSR count). The van der Waals surface area contributed by atoms with Crippen molar-refractivity contribution in [2.75, 3.05) is 27.2 Å². The molecule has 104 valence electrons. The molecule has 0 amide bonds. The van der Waals surface area contributed by atoms with Gasteiger partial charge in [-0.05, 0) is 39.2 Å². The molecule has 1 aromatic carbocycles. The Balaban J connectivity index is 2.13. The topological polar surface area (TPSA) is 75.2 Å². The molecule has 0 spiro atoms. The second kappa shape index (κ2) is 5.91. The Morgan fingerprint density at radius 1 is 1.32 bits per heavy atom. The van der Waals surface area contributed by atoms with E-state index in [1.165, 1.54) is 0 Å². The maximum absolute atomic E-state index is 12.2. The van der Waals surface area contributed by atoms with Crippen LogP contribution in [0.25, 0.3) is 11.0 Å². The highest BCUT2D eigenvalue weighted by Crippen LogP contribution is 2.20. The quantitative estimate of drug-likeness (QED) is 0.803. The Bertz CT molecular complexity index is 652. The van der Waals surface area contributed by atoms with Crippen molar-refractivity contribution >= 4 is 32.8 Å². The second-order valence-corrected chi connectivity index (χ2v) is 6.71. The first-order chi connectivity index (χ1) is 9.00. The van der Waals surface area contributed by atoms with E-state index < -0.39 is 10.0 Å². The normalized spacial score (nSPS) is 12.4. The highest BCUT2D eigenvalue weighted by Gasteiger charge is 2.18. The van der Waals surface area contributed by atoms with Crippen molar-refractivity contribution in [3.63, 3.8) is 0 Å². The summed E-state index contributed by atoms with van der Waals surface area (Å²) >= 11 is 1.02. The van der Waals surface area contributed by atoms with E-state index in [1.54, 1.807) is 18.2 Å². The van der Waals surface area contributed by atoms with Crippen LogP contribution >= 0.6 is 11.7 Å². The van der Waals surface area contributed by atoms with E-state index >= 15 is 0 Å². The van der Waals surface area contributed by atoms with Crippen LogP contribution in [0.1, 0.15) is 6.42 Å². The van der Waals surface area contributed by atoms with Gasteiger partial charge in [0.15, 0.2) is 0 Å². The van der Waals surface area contributed by atoms with Gasteiger partial charge in [-0.3, -0.25) is 0 Å². The Kier molecular flexibility index (Phi) is 4.46. The van der Waals surface area contributed by atoms with E-state index in [4.69, 9.17) is 0 Å². The van der Waals surface area contributed by atoms with Crippen LogP contribution in [0.5, 0.6) is 0 Å². The zero-order valence-corrected chi connectivity index (χ0v) is 12.5. The number of rotatable bonds is 6. The first kappa shape index (κ1) is 14.3. The highest BCUT2D eigenvalue weighted by atomic mass is 32.2. The van der Waals surface area contributed by atoms with Crippen molar-refractivity contribution in [1.82, 2.24) is 18.4 Å².